The number of nitrogens with one attached hydrogen (secondary N) is 1. The molecule has 0 aliphatic rings. The quantitative estimate of drug-likeness (QED) is 0.826. The van der Waals surface area contributed by atoms with Crippen molar-refractivity contribution >= 4 is 17.6 Å². The number of rotatable bonds is 6. The van der Waals surface area contributed by atoms with E-state index >= 15 is 0 Å². The summed E-state index contributed by atoms with van der Waals surface area (Å²) in [6.45, 7) is 3.86. The van der Waals surface area contributed by atoms with Gasteiger partial charge in [0.2, 0.25) is 0 Å². The summed E-state index contributed by atoms with van der Waals surface area (Å²) in [5.41, 5.74) is 3.30. The van der Waals surface area contributed by atoms with Gasteiger partial charge in [0.05, 0.1) is 12.7 Å². The predicted molar refractivity (Wildman–Crippen MR) is 92.5 cm³/mol. The molecule has 2 aromatic carbocycles. The minimum absolute atomic E-state index is 0.137. The van der Waals surface area contributed by atoms with Crippen molar-refractivity contribution in [2.45, 2.75) is 20.3 Å². The number of esters is 1. The van der Waals surface area contributed by atoms with E-state index in [1.807, 2.05) is 32.0 Å². The minimum atomic E-state index is -0.447. The van der Waals surface area contributed by atoms with E-state index in [0.29, 0.717) is 11.3 Å². The van der Waals surface area contributed by atoms with Crippen LogP contribution in [0.25, 0.3) is 0 Å². The van der Waals surface area contributed by atoms with E-state index in [1.165, 1.54) is 7.11 Å². The number of para-hydroxylation sites is 1. The van der Waals surface area contributed by atoms with Crippen molar-refractivity contribution in [2.24, 2.45) is 0 Å². The molecule has 1 amide bonds. The molecule has 2 rings (SSSR count). The standard InChI is InChI=1S/C19H21NO4/c1-4-14-8-5-7-13(2)18(14)20-17(21)12-24-16-10-6-9-15(11-16)19(22)23-3/h5-11H,4,12H2,1-3H3,(H,20,21). The van der Waals surface area contributed by atoms with Gasteiger partial charge in [-0.25, -0.2) is 4.79 Å². The number of hydrogen-bond acceptors (Lipinski definition) is 4. The number of carbonyl (C=O) groups is 2. The smallest absolute Gasteiger partial charge is 0.337 e. The number of anilines is 1. The molecule has 2 aromatic rings. The lowest BCUT2D eigenvalue weighted by atomic mass is 10.1. The molecule has 0 aliphatic heterocycles. The van der Waals surface area contributed by atoms with Crippen molar-refractivity contribution in [3.8, 4) is 5.75 Å². The van der Waals surface area contributed by atoms with Crippen molar-refractivity contribution in [1.82, 2.24) is 0 Å². The lowest BCUT2D eigenvalue weighted by molar-refractivity contribution is -0.118. The van der Waals surface area contributed by atoms with E-state index in [4.69, 9.17) is 4.74 Å². The molecule has 0 saturated carbocycles. The van der Waals surface area contributed by atoms with Crippen LogP contribution in [-0.2, 0) is 16.0 Å². The van der Waals surface area contributed by atoms with Crippen LogP contribution in [0.15, 0.2) is 42.5 Å². The van der Waals surface area contributed by atoms with Crippen molar-refractivity contribution in [3.63, 3.8) is 0 Å². The fraction of sp³-hybridized carbons (Fsp3) is 0.263. The second-order valence-corrected chi connectivity index (χ2v) is 5.32. The van der Waals surface area contributed by atoms with Gasteiger partial charge in [-0.3, -0.25) is 4.79 Å². The number of ether oxygens (including phenoxy) is 2. The Balaban J connectivity index is 2.01. The monoisotopic (exact) mass is 327 g/mol. The van der Waals surface area contributed by atoms with Crippen molar-refractivity contribution in [2.75, 3.05) is 19.0 Å². The molecule has 5 nitrogen and oxygen atoms in total. The first kappa shape index (κ1) is 17.5. The van der Waals surface area contributed by atoms with E-state index in [0.717, 1.165) is 23.2 Å². The third kappa shape index (κ3) is 4.35. The van der Waals surface area contributed by atoms with E-state index in [9.17, 15) is 9.59 Å². The Hall–Kier alpha value is -2.82. The molecule has 0 radical (unpaired) electrons. The maximum absolute atomic E-state index is 12.2. The highest BCUT2D eigenvalue weighted by atomic mass is 16.5. The van der Waals surface area contributed by atoms with Gasteiger partial charge in [0.25, 0.3) is 5.91 Å². The number of methoxy groups -OCH3 is 1. The molecule has 0 spiro atoms. The first-order valence-electron chi connectivity index (χ1n) is 7.74. The molecule has 24 heavy (non-hydrogen) atoms. The van der Waals surface area contributed by atoms with Crippen LogP contribution in [0.1, 0.15) is 28.4 Å². The van der Waals surface area contributed by atoms with Gasteiger partial charge in [0.1, 0.15) is 5.75 Å². The van der Waals surface area contributed by atoms with E-state index in [-0.39, 0.29) is 12.5 Å². The molecule has 1 N–H and O–H groups in total. The Bertz CT molecular complexity index is 740. The third-order valence-electron chi connectivity index (χ3n) is 3.63. The van der Waals surface area contributed by atoms with Crippen LogP contribution in [-0.4, -0.2) is 25.6 Å². The average molecular weight is 327 g/mol. The van der Waals surface area contributed by atoms with Crippen molar-refractivity contribution in [1.29, 1.82) is 0 Å². The number of benzene rings is 2. The summed E-state index contributed by atoms with van der Waals surface area (Å²) in [4.78, 5) is 23.6. The molecule has 0 aliphatic carbocycles. The Morgan fingerprint density at radius 2 is 1.88 bits per heavy atom. The average Bonchev–Trinajstić information content (AvgIpc) is 2.61. The van der Waals surface area contributed by atoms with E-state index in [2.05, 4.69) is 10.1 Å². The van der Waals surface area contributed by atoms with Gasteiger partial charge in [0.15, 0.2) is 6.61 Å². The highest BCUT2D eigenvalue weighted by molar-refractivity contribution is 5.93. The maximum Gasteiger partial charge on any atom is 0.337 e. The Morgan fingerprint density at radius 3 is 2.58 bits per heavy atom. The highest BCUT2D eigenvalue weighted by Gasteiger charge is 2.10. The highest BCUT2D eigenvalue weighted by Crippen LogP contribution is 2.21. The van der Waals surface area contributed by atoms with Gasteiger partial charge in [-0.15, -0.1) is 0 Å². The molecule has 5 heteroatoms. The van der Waals surface area contributed by atoms with Crippen LogP contribution in [0.2, 0.25) is 0 Å². The van der Waals surface area contributed by atoms with E-state index in [1.54, 1.807) is 24.3 Å². The first-order chi connectivity index (χ1) is 11.5. The fourth-order valence-corrected chi connectivity index (χ4v) is 2.36. The fourth-order valence-electron chi connectivity index (χ4n) is 2.36. The molecule has 0 bridgehead atoms. The topological polar surface area (TPSA) is 64.6 Å². The maximum atomic E-state index is 12.2. The van der Waals surface area contributed by atoms with Crippen molar-refractivity contribution < 1.29 is 19.1 Å². The third-order valence-corrected chi connectivity index (χ3v) is 3.63. The minimum Gasteiger partial charge on any atom is -0.484 e. The molecule has 0 atom stereocenters. The van der Waals surface area contributed by atoms with Crippen LogP contribution in [0.5, 0.6) is 5.75 Å². The SMILES string of the molecule is CCc1cccc(C)c1NC(=O)COc1cccc(C(=O)OC)c1. The largest absolute Gasteiger partial charge is 0.484 e. The number of hydrogen-bond donors (Lipinski definition) is 1. The van der Waals surface area contributed by atoms with Crippen LogP contribution in [0, 0.1) is 6.92 Å². The normalized spacial score (nSPS) is 10.1. The van der Waals surface area contributed by atoms with Gasteiger partial charge in [0, 0.05) is 5.69 Å². The Morgan fingerprint density at radius 1 is 1.12 bits per heavy atom. The Labute approximate surface area is 141 Å². The van der Waals surface area contributed by atoms with Crippen LogP contribution in [0.4, 0.5) is 5.69 Å². The van der Waals surface area contributed by atoms with E-state index < -0.39 is 5.97 Å². The summed E-state index contributed by atoms with van der Waals surface area (Å²) >= 11 is 0. The number of amides is 1. The van der Waals surface area contributed by atoms with Gasteiger partial charge >= 0.3 is 5.97 Å². The molecular weight excluding hydrogens is 306 g/mol. The number of aryl methyl sites for hydroxylation is 2. The summed E-state index contributed by atoms with van der Waals surface area (Å²) in [5.74, 6) is -0.256. The van der Waals surface area contributed by atoms with Crippen LogP contribution >= 0.6 is 0 Å². The molecule has 0 heterocycles. The molecular formula is C19H21NO4. The van der Waals surface area contributed by atoms with Crippen LogP contribution in [0.3, 0.4) is 0 Å². The molecule has 0 unspecified atom stereocenters. The second-order valence-electron chi connectivity index (χ2n) is 5.32. The second kappa shape index (κ2) is 8.15. The summed E-state index contributed by atoms with van der Waals surface area (Å²) in [6.07, 6.45) is 0.833. The number of carbonyl (C=O) groups excluding carboxylic acids is 2. The van der Waals surface area contributed by atoms with Crippen LogP contribution < -0.4 is 10.1 Å². The van der Waals surface area contributed by atoms with Crippen molar-refractivity contribution in [3.05, 3.63) is 59.2 Å². The zero-order valence-corrected chi connectivity index (χ0v) is 14.1. The molecule has 0 saturated heterocycles. The predicted octanol–water partition coefficient (Wildman–Crippen LogP) is 3.36. The van der Waals surface area contributed by atoms with Gasteiger partial charge in [-0.1, -0.05) is 31.2 Å². The molecule has 0 fully saturated rings. The summed E-state index contributed by atoms with van der Waals surface area (Å²) in [6, 6.07) is 12.4. The molecule has 126 valence electrons. The van der Waals surface area contributed by atoms with Gasteiger partial charge < -0.3 is 14.8 Å². The molecule has 0 aromatic heterocycles. The lowest BCUT2D eigenvalue weighted by Crippen LogP contribution is -2.21. The summed E-state index contributed by atoms with van der Waals surface area (Å²) in [5, 5.41) is 2.89. The first-order valence-corrected chi connectivity index (χ1v) is 7.74. The lowest BCUT2D eigenvalue weighted by Gasteiger charge is -2.13. The Kier molecular flexibility index (Phi) is 5.95. The van der Waals surface area contributed by atoms with Gasteiger partial charge in [-0.2, -0.15) is 0 Å². The zero-order valence-electron chi connectivity index (χ0n) is 14.1. The summed E-state index contributed by atoms with van der Waals surface area (Å²) in [7, 11) is 1.32. The zero-order chi connectivity index (χ0) is 17.5. The summed E-state index contributed by atoms with van der Waals surface area (Å²) < 4.78 is 10.1. The van der Waals surface area contributed by atoms with Gasteiger partial charge in [-0.05, 0) is 42.7 Å².